The van der Waals surface area contributed by atoms with E-state index in [1.54, 1.807) is 0 Å². The van der Waals surface area contributed by atoms with Gasteiger partial charge in [-0.1, -0.05) is 0 Å². The van der Waals surface area contributed by atoms with Gasteiger partial charge in [-0.05, 0) is 11.6 Å². The standard InChI is InChI=1S/C8H7ClFN3O3S/c9-8-11-2-5(3-12-8)13-4-6(1-7(13)14)17(10,15)16/h2-3,6H,1,4H2. The molecule has 0 N–H and O–H groups in total. The zero-order chi connectivity index (χ0) is 12.6. The zero-order valence-corrected chi connectivity index (χ0v) is 9.95. The number of carbonyl (C=O) groups is 1. The van der Waals surface area contributed by atoms with Crippen LogP contribution in [0, 0.1) is 0 Å². The fourth-order valence-corrected chi connectivity index (χ4v) is 2.32. The van der Waals surface area contributed by atoms with Gasteiger partial charge in [0, 0.05) is 13.0 Å². The summed E-state index contributed by atoms with van der Waals surface area (Å²) in [6, 6.07) is 0. The van der Waals surface area contributed by atoms with Crippen LogP contribution in [0.3, 0.4) is 0 Å². The van der Waals surface area contributed by atoms with Crippen molar-refractivity contribution in [2.75, 3.05) is 11.4 Å². The van der Waals surface area contributed by atoms with Gasteiger partial charge in [0.1, 0.15) is 5.25 Å². The molecule has 0 spiro atoms. The van der Waals surface area contributed by atoms with Crippen molar-refractivity contribution in [3.05, 3.63) is 17.7 Å². The van der Waals surface area contributed by atoms with Gasteiger partial charge in [0.2, 0.25) is 11.2 Å². The van der Waals surface area contributed by atoms with Crippen LogP contribution in [0.4, 0.5) is 9.57 Å². The number of carbonyl (C=O) groups excluding carboxylic acids is 1. The summed E-state index contributed by atoms with van der Waals surface area (Å²) in [6.07, 6.45) is 2.18. The maximum absolute atomic E-state index is 12.8. The first-order valence-corrected chi connectivity index (χ1v) is 6.42. The van der Waals surface area contributed by atoms with E-state index in [2.05, 4.69) is 9.97 Å². The summed E-state index contributed by atoms with van der Waals surface area (Å²) in [6.45, 7) is -0.233. The molecule has 2 rings (SSSR count). The van der Waals surface area contributed by atoms with Gasteiger partial charge in [0.05, 0.1) is 18.1 Å². The summed E-state index contributed by atoms with van der Waals surface area (Å²) in [5.41, 5.74) is 0.297. The van der Waals surface area contributed by atoms with E-state index in [9.17, 15) is 17.1 Å². The van der Waals surface area contributed by atoms with Crippen LogP contribution in [0.15, 0.2) is 12.4 Å². The molecule has 17 heavy (non-hydrogen) atoms. The molecule has 9 heteroatoms. The number of amides is 1. The molecule has 1 aromatic heterocycles. The number of rotatable bonds is 2. The van der Waals surface area contributed by atoms with Crippen LogP contribution >= 0.6 is 11.6 Å². The van der Waals surface area contributed by atoms with Crippen LogP contribution in [0.1, 0.15) is 6.42 Å². The van der Waals surface area contributed by atoms with Crippen LogP contribution in [-0.2, 0) is 15.0 Å². The maximum atomic E-state index is 12.8. The van der Waals surface area contributed by atoms with Gasteiger partial charge in [0.15, 0.2) is 0 Å². The van der Waals surface area contributed by atoms with Gasteiger partial charge in [-0.3, -0.25) is 4.79 Å². The second-order valence-corrected chi connectivity index (χ2v) is 5.47. The highest BCUT2D eigenvalue weighted by Crippen LogP contribution is 2.24. The predicted molar refractivity (Wildman–Crippen MR) is 57.8 cm³/mol. The molecular weight excluding hydrogens is 273 g/mol. The van der Waals surface area contributed by atoms with Gasteiger partial charge in [-0.25, -0.2) is 9.97 Å². The molecule has 6 nitrogen and oxygen atoms in total. The number of nitrogens with zero attached hydrogens (tertiary/aromatic N) is 3. The van der Waals surface area contributed by atoms with Crippen molar-refractivity contribution in [3.8, 4) is 0 Å². The van der Waals surface area contributed by atoms with Crippen molar-refractivity contribution in [2.24, 2.45) is 0 Å². The van der Waals surface area contributed by atoms with Gasteiger partial charge in [0.25, 0.3) is 0 Å². The summed E-state index contributed by atoms with van der Waals surface area (Å²) in [7, 11) is -4.71. The zero-order valence-electron chi connectivity index (χ0n) is 8.38. The van der Waals surface area contributed by atoms with E-state index in [0.29, 0.717) is 5.69 Å². The number of halogens is 2. The second-order valence-electron chi connectivity index (χ2n) is 3.52. The molecule has 1 aliphatic rings. The highest BCUT2D eigenvalue weighted by Gasteiger charge is 2.39. The summed E-state index contributed by atoms with van der Waals surface area (Å²) in [5, 5.41) is -1.32. The van der Waals surface area contributed by atoms with Crippen molar-refractivity contribution >= 4 is 33.4 Å². The lowest BCUT2D eigenvalue weighted by Gasteiger charge is -2.14. The SMILES string of the molecule is O=C1CC(S(=O)(=O)F)CN1c1cnc(Cl)nc1. The molecule has 0 radical (unpaired) electrons. The minimum Gasteiger partial charge on any atom is -0.308 e. The minimum absolute atomic E-state index is 0.00931. The van der Waals surface area contributed by atoms with E-state index in [-0.39, 0.29) is 18.2 Å². The molecule has 1 fully saturated rings. The van der Waals surface area contributed by atoms with Crippen molar-refractivity contribution in [3.63, 3.8) is 0 Å². The first kappa shape index (κ1) is 12.2. The molecule has 0 aliphatic carbocycles. The van der Waals surface area contributed by atoms with Crippen LogP contribution in [0.25, 0.3) is 0 Å². The Morgan fingerprint density at radius 2 is 2.00 bits per heavy atom. The summed E-state index contributed by atoms with van der Waals surface area (Å²) < 4.78 is 34.2. The number of anilines is 1. The average Bonchev–Trinajstić information content (AvgIpc) is 2.61. The molecule has 1 atom stereocenters. The third kappa shape index (κ3) is 2.52. The lowest BCUT2D eigenvalue weighted by Crippen LogP contribution is -2.27. The molecule has 2 heterocycles. The smallest absolute Gasteiger partial charge is 0.307 e. The van der Waals surface area contributed by atoms with Gasteiger partial charge in [-0.15, -0.1) is 3.89 Å². The monoisotopic (exact) mass is 279 g/mol. The molecule has 0 aromatic carbocycles. The summed E-state index contributed by atoms with van der Waals surface area (Å²) >= 11 is 5.47. The average molecular weight is 280 g/mol. The Morgan fingerprint density at radius 1 is 1.41 bits per heavy atom. The Morgan fingerprint density at radius 3 is 2.47 bits per heavy atom. The first-order chi connectivity index (χ1) is 7.88. The van der Waals surface area contributed by atoms with E-state index in [1.165, 1.54) is 12.4 Å². The number of hydrogen-bond donors (Lipinski definition) is 0. The van der Waals surface area contributed by atoms with Crippen LogP contribution in [-0.4, -0.2) is 36.1 Å². The molecule has 92 valence electrons. The fourth-order valence-electron chi connectivity index (χ4n) is 1.56. The molecule has 0 saturated carbocycles. The third-order valence-electron chi connectivity index (χ3n) is 2.41. The third-order valence-corrected chi connectivity index (χ3v) is 3.71. The van der Waals surface area contributed by atoms with Crippen LogP contribution < -0.4 is 4.90 Å². The summed E-state index contributed by atoms with van der Waals surface area (Å²) in [5.74, 6) is -0.484. The fraction of sp³-hybridized carbons (Fsp3) is 0.375. The highest BCUT2D eigenvalue weighted by atomic mass is 35.5. The molecule has 1 unspecified atom stereocenters. The Hall–Kier alpha value is -1.28. The number of hydrogen-bond acceptors (Lipinski definition) is 5. The topological polar surface area (TPSA) is 80.2 Å². The van der Waals surface area contributed by atoms with E-state index in [4.69, 9.17) is 11.6 Å². The highest BCUT2D eigenvalue weighted by molar-refractivity contribution is 7.87. The Kier molecular flexibility index (Phi) is 3.00. The maximum Gasteiger partial charge on any atom is 0.307 e. The quantitative estimate of drug-likeness (QED) is 0.583. The lowest BCUT2D eigenvalue weighted by atomic mass is 10.4. The summed E-state index contributed by atoms with van der Waals surface area (Å²) in [4.78, 5) is 20.0. The molecule has 1 saturated heterocycles. The van der Waals surface area contributed by atoms with Crippen molar-refractivity contribution < 1.29 is 17.1 Å². The second kappa shape index (κ2) is 4.19. The van der Waals surface area contributed by atoms with Gasteiger partial charge in [-0.2, -0.15) is 8.42 Å². The Labute approximate surface area is 102 Å². The molecule has 0 bridgehead atoms. The molecule has 1 aliphatic heterocycles. The van der Waals surface area contributed by atoms with E-state index in [1.807, 2.05) is 0 Å². The van der Waals surface area contributed by atoms with Crippen LogP contribution in [0.2, 0.25) is 5.28 Å². The van der Waals surface area contributed by atoms with Crippen molar-refractivity contribution in [1.29, 1.82) is 0 Å². The van der Waals surface area contributed by atoms with Crippen molar-refractivity contribution in [2.45, 2.75) is 11.7 Å². The Balaban J connectivity index is 2.24. The van der Waals surface area contributed by atoms with E-state index in [0.717, 1.165) is 4.90 Å². The first-order valence-electron chi connectivity index (χ1n) is 4.59. The molecular formula is C8H7ClFN3O3S. The van der Waals surface area contributed by atoms with Gasteiger partial charge >= 0.3 is 10.2 Å². The number of aromatic nitrogens is 2. The lowest BCUT2D eigenvalue weighted by molar-refractivity contribution is -0.117. The normalized spacial score (nSPS) is 20.9. The molecule has 1 amide bonds. The largest absolute Gasteiger partial charge is 0.308 e. The van der Waals surface area contributed by atoms with Gasteiger partial charge < -0.3 is 4.90 Å². The minimum atomic E-state index is -4.71. The predicted octanol–water partition coefficient (Wildman–Crippen LogP) is 0.535. The Bertz CT molecular complexity index is 548. The van der Waals surface area contributed by atoms with E-state index < -0.39 is 21.4 Å². The molecule has 1 aromatic rings. The van der Waals surface area contributed by atoms with Crippen molar-refractivity contribution in [1.82, 2.24) is 9.97 Å². The van der Waals surface area contributed by atoms with E-state index >= 15 is 0 Å². The van der Waals surface area contributed by atoms with Crippen LogP contribution in [0.5, 0.6) is 0 Å².